The third-order valence-corrected chi connectivity index (χ3v) is 5.76. The lowest BCUT2D eigenvalue weighted by atomic mass is 9.48. The molecule has 19 heavy (non-hydrogen) atoms. The van der Waals surface area contributed by atoms with Crippen molar-refractivity contribution in [3.63, 3.8) is 0 Å². The standard InChI is InChI=1S/C16H30N2O/c1-10-6-8-11(9-7-10)12(19)18-14-15(2,3)13(17)16(14,4)5/h10-11,13-14H,6-9,17H2,1-5H3,(H,18,19). The zero-order chi connectivity index (χ0) is 14.4. The highest BCUT2D eigenvalue weighted by Gasteiger charge is 2.60. The molecule has 110 valence electrons. The van der Waals surface area contributed by atoms with Crippen LogP contribution in [0.5, 0.6) is 0 Å². The van der Waals surface area contributed by atoms with Gasteiger partial charge in [-0.3, -0.25) is 4.79 Å². The average molecular weight is 266 g/mol. The molecule has 0 aromatic carbocycles. The number of rotatable bonds is 2. The van der Waals surface area contributed by atoms with Crippen molar-refractivity contribution >= 4 is 5.91 Å². The van der Waals surface area contributed by atoms with Crippen LogP contribution in [0.25, 0.3) is 0 Å². The Morgan fingerprint density at radius 3 is 2.00 bits per heavy atom. The molecule has 0 aromatic heterocycles. The second-order valence-corrected chi connectivity index (χ2v) is 8.02. The van der Waals surface area contributed by atoms with E-state index in [1.807, 2.05) is 0 Å². The first-order chi connectivity index (χ1) is 8.67. The van der Waals surface area contributed by atoms with Gasteiger partial charge in [0.2, 0.25) is 5.91 Å². The lowest BCUT2D eigenvalue weighted by molar-refractivity contribution is -0.137. The van der Waals surface area contributed by atoms with Crippen LogP contribution in [0.3, 0.4) is 0 Å². The molecule has 1 amide bonds. The molecule has 0 radical (unpaired) electrons. The number of nitrogens with one attached hydrogen (secondary N) is 1. The maximum Gasteiger partial charge on any atom is 0.223 e. The van der Waals surface area contributed by atoms with Crippen molar-refractivity contribution in [2.45, 2.75) is 72.4 Å². The Labute approximate surface area is 117 Å². The molecule has 0 bridgehead atoms. The molecule has 0 atom stereocenters. The summed E-state index contributed by atoms with van der Waals surface area (Å²) in [5.74, 6) is 1.26. The Morgan fingerprint density at radius 2 is 1.53 bits per heavy atom. The Bertz CT molecular complexity index is 338. The van der Waals surface area contributed by atoms with E-state index < -0.39 is 0 Å². The maximum absolute atomic E-state index is 12.4. The van der Waals surface area contributed by atoms with E-state index in [9.17, 15) is 4.79 Å². The van der Waals surface area contributed by atoms with Crippen LogP contribution < -0.4 is 11.1 Å². The molecule has 0 saturated heterocycles. The smallest absolute Gasteiger partial charge is 0.223 e. The molecule has 0 unspecified atom stereocenters. The largest absolute Gasteiger partial charge is 0.352 e. The normalized spacial score (nSPS) is 40.3. The third-order valence-electron chi connectivity index (χ3n) is 5.76. The Hall–Kier alpha value is -0.570. The highest BCUT2D eigenvalue weighted by Crippen LogP contribution is 2.52. The van der Waals surface area contributed by atoms with Crippen molar-refractivity contribution in [2.75, 3.05) is 0 Å². The van der Waals surface area contributed by atoms with E-state index in [1.54, 1.807) is 0 Å². The van der Waals surface area contributed by atoms with Gasteiger partial charge in [0.05, 0.1) is 0 Å². The summed E-state index contributed by atoms with van der Waals surface area (Å²) in [6, 6.07) is 0.346. The molecular weight excluding hydrogens is 236 g/mol. The van der Waals surface area contributed by atoms with Crippen LogP contribution in [0, 0.1) is 22.7 Å². The van der Waals surface area contributed by atoms with Crippen molar-refractivity contribution in [1.29, 1.82) is 0 Å². The minimum atomic E-state index is 0.00111. The molecule has 0 aliphatic heterocycles. The molecule has 3 nitrogen and oxygen atoms in total. The number of nitrogens with two attached hydrogens (primary N) is 1. The van der Waals surface area contributed by atoms with E-state index in [1.165, 1.54) is 12.8 Å². The van der Waals surface area contributed by atoms with Crippen LogP contribution in [0.15, 0.2) is 0 Å². The van der Waals surface area contributed by atoms with Gasteiger partial charge in [0.25, 0.3) is 0 Å². The predicted molar refractivity (Wildman–Crippen MR) is 78.6 cm³/mol. The van der Waals surface area contributed by atoms with Crippen LogP contribution in [0.4, 0.5) is 0 Å². The number of hydrogen-bond acceptors (Lipinski definition) is 2. The lowest BCUT2D eigenvalue weighted by Crippen LogP contribution is -2.76. The highest BCUT2D eigenvalue weighted by atomic mass is 16.2. The van der Waals surface area contributed by atoms with Crippen LogP contribution in [-0.2, 0) is 4.79 Å². The zero-order valence-corrected chi connectivity index (χ0v) is 13.1. The summed E-state index contributed by atoms with van der Waals surface area (Å²) < 4.78 is 0. The van der Waals surface area contributed by atoms with Gasteiger partial charge in [0.1, 0.15) is 0 Å². The van der Waals surface area contributed by atoms with E-state index in [0.717, 1.165) is 18.8 Å². The zero-order valence-electron chi connectivity index (χ0n) is 13.1. The van der Waals surface area contributed by atoms with E-state index >= 15 is 0 Å². The predicted octanol–water partition coefficient (Wildman–Crippen LogP) is 2.69. The molecule has 0 heterocycles. The van der Waals surface area contributed by atoms with Crippen molar-refractivity contribution in [3.05, 3.63) is 0 Å². The topological polar surface area (TPSA) is 55.1 Å². The van der Waals surface area contributed by atoms with E-state index in [-0.39, 0.29) is 34.7 Å². The van der Waals surface area contributed by atoms with Crippen molar-refractivity contribution in [1.82, 2.24) is 5.32 Å². The van der Waals surface area contributed by atoms with Gasteiger partial charge in [-0.2, -0.15) is 0 Å². The Balaban J connectivity index is 1.96. The molecule has 2 aliphatic rings. The fraction of sp³-hybridized carbons (Fsp3) is 0.938. The summed E-state index contributed by atoms with van der Waals surface area (Å²) in [4.78, 5) is 12.4. The van der Waals surface area contributed by atoms with Crippen LogP contribution in [-0.4, -0.2) is 18.0 Å². The molecular formula is C16H30N2O. The number of hydrogen-bond donors (Lipinski definition) is 2. The monoisotopic (exact) mass is 266 g/mol. The molecule has 0 spiro atoms. The Kier molecular flexibility index (Phi) is 3.72. The van der Waals surface area contributed by atoms with Gasteiger partial charge >= 0.3 is 0 Å². The van der Waals surface area contributed by atoms with Gasteiger partial charge in [-0.1, -0.05) is 34.6 Å². The number of carbonyl (C=O) groups is 1. The first-order valence-corrected chi connectivity index (χ1v) is 7.73. The van der Waals surface area contributed by atoms with Crippen molar-refractivity contribution in [2.24, 2.45) is 28.4 Å². The summed E-state index contributed by atoms with van der Waals surface area (Å²) in [7, 11) is 0. The summed E-state index contributed by atoms with van der Waals surface area (Å²) in [5, 5.41) is 3.29. The van der Waals surface area contributed by atoms with Crippen molar-refractivity contribution in [3.8, 4) is 0 Å². The second-order valence-electron chi connectivity index (χ2n) is 8.02. The summed E-state index contributed by atoms with van der Waals surface area (Å²) >= 11 is 0. The summed E-state index contributed by atoms with van der Waals surface area (Å²) in [6.07, 6.45) is 4.48. The van der Waals surface area contributed by atoms with Gasteiger partial charge in [-0.15, -0.1) is 0 Å². The van der Waals surface area contributed by atoms with Crippen molar-refractivity contribution < 1.29 is 4.79 Å². The van der Waals surface area contributed by atoms with E-state index in [0.29, 0.717) is 0 Å². The van der Waals surface area contributed by atoms with Gasteiger partial charge in [0.15, 0.2) is 0 Å². The average Bonchev–Trinajstić information content (AvgIpc) is 2.35. The van der Waals surface area contributed by atoms with E-state index in [4.69, 9.17) is 5.73 Å². The SMILES string of the molecule is CC1CCC(C(=O)NC2C(C)(C)C(N)C2(C)C)CC1. The highest BCUT2D eigenvalue weighted by molar-refractivity contribution is 5.79. The first-order valence-electron chi connectivity index (χ1n) is 7.73. The summed E-state index contributed by atoms with van der Waals surface area (Å²) in [5.41, 5.74) is 6.25. The minimum Gasteiger partial charge on any atom is -0.352 e. The number of amides is 1. The van der Waals surface area contributed by atoms with Crippen LogP contribution in [0.2, 0.25) is 0 Å². The summed E-state index contributed by atoms with van der Waals surface area (Å²) in [6.45, 7) is 10.9. The van der Waals surface area contributed by atoms with Gasteiger partial charge < -0.3 is 11.1 Å². The lowest BCUT2D eigenvalue weighted by Gasteiger charge is -2.63. The van der Waals surface area contributed by atoms with Crippen LogP contribution in [0.1, 0.15) is 60.3 Å². The molecule has 2 aliphatic carbocycles. The molecule has 0 aromatic rings. The molecule has 2 fully saturated rings. The molecule has 3 N–H and O–H groups in total. The Morgan fingerprint density at radius 1 is 1.05 bits per heavy atom. The van der Waals surface area contributed by atoms with Gasteiger partial charge in [0, 0.05) is 28.8 Å². The van der Waals surface area contributed by atoms with Crippen LogP contribution >= 0.6 is 0 Å². The minimum absolute atomic E-state index is 0.00111. The fourth-order valence-electron chi connectivity index (χ4n) is 4.33. The maximum atomic E-state index is 12.4. The molecule has 2 rings (SSSR count). The fourth-order valence-corrected chi connectivity index (χ4v) is 4.33. The van der Waals surface area contributed by atoms with Gasteiger partial charge in [-0.25, -0.2) is 0 Å². The van der Waals surface area contributed by atoms with E-state index in [2.05, 4.69) is 39.9 Å². The quantitative estimate of drug-likeness (QED) is 0.807. The van der Waals surface area contributed by atoms with Gasteiger partial charge in [-0.05, 0) is 31.6 Å². The molecule has 3 heteroatoms. The number of carbonyl (C=O) groups excluding carboxylic acids is 1. The third kappa shape index (κ3) is 2.42. The molecule has 2 saturated carbocycles. The second kappa shape index (κ2) is 4.76. The first kappa shape index (κ1) is 14.8.